The number of nitrogens with zero attached hydrogens (tertiary/aromatic N) is 4. The zero-order valence-electron chi connectivity index (χ0n) is 14.7. The fraction of sp³-hybridized carbons (Fsp3) is 0.211. The molecule has 3 aromatic heterocycles. The Bertz CT molecular complexity index is 1060. The molecule has 1 amide bonds. The average Bonchev–Trinajstić information content (AvgIpc) is 3.36. The van der Waals surface area contributed by atoms with E-state index in [2.05, 4.69) is 9.97 Å². The van der Waals surface area contributed by atoms with Crippen LogP contribution in [-0.2, 0) is 0 Å². The van der Waals surface area contributed by atoms with Crippen molar-refractivity contribution in [3.05, 3.63) is 63.7 Å². The molecule has 26 heavy (non-hydrogen) atoms. The second-order valence-electron chi connectivity index (χ2n) is 6.18. The number of aryl methyl sites for hydroxylation is 1. The number of aromatic nitrogens is 3. The van der Waals surface area contributed by atoms with Crippen molar-refractivity contribution in [3.8, 4) is 11.3 Å². The molecule has 5 nitrogen and oxygen atoms in total. The molecule has 0 radical (unpaired) electrons. The summed E-state index contributed by atoms with van der Waals surface area (Å²) in [5, 5.41) is 4.82. The molecule has 0 aliphatic heterocycles. The van der Waals surface area contributed by atoms with Gasteiger partial charge >= 0.3 is 0 Å². The molecule has 7 heteroatoms. The van der Waals surface area contributed by atoms with Gasteiger partial charge in [-0.25, -0.2) is 9.97 Å². The normalized spacial score (nSPS) is 12.4. The zero-order chi connectivity index (χ0) is 18.3. The topological polar surface area (TPSA) is 50.5 Å². The van der Waals surface area contributed by atoms with Gasteiger partial charge < -0.3 is 4.90 Å². The van der Waals surface area contributed by atoms with Gasteiger partial charge in [-0.2, -0.15) is 0 Å². The van der Waals surface area contributed by atoms with Crippen molar-refractivity contribution in [1.82, 2.24) is 19.3 Å². The van der Waals surface area contributed by atoms with Crippen LogP contribution in [0.1, 0.15) is 34.2 Å². The minimum atomic E-state index is -0.0757. The van der Waals surface area contributed by atoms with E-state index in [-0.39, 0.29) is 11.9 Å². The summed E-state index contributed by atoms with van der Waals surface area (Å²) in [6.07, 6.45) is 1.93. The Morgan fingerprint density at radius 3 is 2.62 bits per heavy atom. The molecule has 1 aromatic carbocycles. The lowest BCUT2D eigenvalue weighted by atomic mass is 10.2. The van der Waals surface area contributed by atoms with Gasteiger partial charge in [-0.05, 0) is 13.8 Å². The van der Waals surface area contributed by atoms with Crippen molar-refractivity contribution in [1.29, 1.82) is 0 Å². The van der Waals surface area contributed by atoms with Gasteiger partial charge in [-0.3, -0.25) is 9.20 Å². The maximum atomic E-state index is 13.0. The molecule has 3 heterocycles. The van der Waals surface area contributed by atoms with Crippen molar-refractivity contribution in [2.45, 2.75) is 19.9 Å². The van der Waals surface area contributed by atoms with E-state index in [1.807, 2.05) is 72.6 Å². The van der Waals surface area contributed by atoms with Gasteiger partial charge in [0.05, 0.1) is 11.7 Å². The third-order valence-electron chi connectivity index (χ3n) is 4.39. The van der Waals surface area contributed by atoms with Gasteiger partial charge in [-0.1, -0.05) is 30.3 Å². The van der Waals surface area contributed by atoms with Crippen LogP contribution >= 0.6 is 22.7 Å². The number of hydrogen-bond acceptors (Lipinski definition) is 5. The Hall–Kier alpha value is -2.51. The van der Waals surface area contributed by atoms with Crippen molar-refractivity contribution in [2.75, 3.05) is 7.05 Å². The number of carbonyl (C=O) groups is 1. The number of hydrogen-bond donors (Lipinski definition) is 0. The standard InChI is InChI=1S/C19H18N4OS2/c1-12-10-25-17(20-12)13(2)22(3)18(24)16-11-26-19-21-15(9-23(16)19)14-7-5-4-6-8-14/h4-11,13H,1-3H3/t13-/m1/s1. The molecule has 0 spiro atoms. The number of carbonyl (C=O) groups excluding carboxylic acids is 1. The minimum Gasteiger partial charge on any atom is -0.331 e. The van der Waals surface area contributed by atoms with E-state index in [9.17, 15) is 4.79 Å². The first-order chi connectivity index (χ1) is 12.5. The third-order valence-corrected chi connectivity index (χ3v) is 6.37. The highest BCUT2D eigenvalue weighted by molar-refractivity contribution is 7.15. The second kappa shape index (κ2) is 6.66. The summed E-state index contributed by atoms with van der Waals surface area (Å²) < 4.78 is 1.88. The predicted molar refractivity (Wildman–Crippen MR) is 106 cm³/mol. The molecule has 0 bridgehead atoms. The van der Waals surface area contributed by atoms with Crippen LogP contribution in [0.4, 0.5) is 0 Å². The first kappa shape index (κ1) is 16.9. The molecule has 0 fully saturated rings. The SMILES string of the molecule is Cc1csc([C@@H](C)N(C)C(=O)c2csc3nc(-c4ccccc4)cn23)n1. The van der Waals surface area contributed by atoms with E-state index in [4.69, 9.17) is 0 Å². The Morgan fingerprint density at radius 2 is 1.92 bits per heavy atom. The molecule has 0 saturated carbocycles. The molecule has 4 aromatic rings. The monoisotopic (exact) mass is 382 g/mol. The highest BCUT2D eigenvalue weighted by Crippen LogP contribution is 2.27. The van der Waals surface area contributed by atoms with Crippen LogP contribution in [0.25, 0.3) is 16.2 Å². The van der Waals surface area contributed by atoms with E-state index in [1.165, 1.54) is 11.3 Å². The second-order valence-corrected chi connectivity index (χ2v) is 7.91. The molecule has 0 aliphatic rings. The lowest BCUT2D eigenvalue weighted by molar-refractivity contribution is 0.0735. The van der Waals surface area contributed by atoms with Crippen molar-refractivity contribution in [2.24, 2.45) is 0 Å². The summed E-state index contributed by atoms with van der Waals surface area (Å²) in [5.41, 5.74) is 3.53. The van der Waals surface area contributed by atoms with Crippen molar-refractivity contribution in [3.63, 3.8) is 0 Å². The summed E-state index contributed by atoms with van der Waals surface area (Å²) in [4.78, 5) is 24.8. The molecule has 0 unspecified atom stereocenters. The number of imidazole rings is 1. The quantitative estimate of drug-likeness (QED) is 0.516. The van der Waals surface area contributed by atoms with Crippen LogP contribution in [0.2, 0.25) is 0 Å². The van der Waals surface area contributed by atoms with Crippen LogP contribution in [0.5, 0.6) is 0 Å². The Labute approximate surface area is 159 Å². The van der Waals surface area contributed by atoms with Gasteiger partial charge in [0.2, 0.25) is 0 Å². The average molecular weight is 383 g/mol. The predicted octanol–water partition coefficient (Wildman–Crippen LogP) is 4.66. The molecule has 0 N–H and O–H groups in total. The van der Waals surface area contributed by atoms with Crippen LogP contribution in [0.3, 0.4) is 0 Å². The molecular formula is C19H18N4OS2. The number of thiazole rings is 2. The first-order valence-corrected chi connectivity index (χ1v) is 10.0. The Kier molecular flexibility index (Phi) is 4.34. The molecule has 0 saturated heterocycles. The van der Waals surface area contributed by atoms with Gasteiger partial charge in [0, 0.05) is 35.3 Å². The third kappa shape index (κ3) is 2.93. The Balaban J connectivity index is 1.65. The van der Waals surface area contributed by atoms with Crippen molar-refractivity contribution < 1.29 is 4.79 Å². The Morgan fingerprint density at radius 1 is 1.15 bits per heavy atom. The summed E-state index contributed by atoms with van der Waals surface area (Å²) >= 11 is 3.06. The highest BCUT2D eigenvalue weighted by atomic mass is 32.1. The number of fused-ring (bicyclic) bond motifs is 1. The van der Waals surface area contributed by atoms with Crippen LogP contribution in [0.15, 0.2) is 47.3 Å². The van der Waals surface area contributed by atoms with Crippen LogP contribution in [0, 0.1) is 6.92 Å². The van der Waals surface area contributed by atoms with Gasteiger partial charge in [0.1, 0.15) is 10.7 Å². The zero-order valence-corrected chi connectivity index (χ0v) is 16.3. The highest BCUT2D eigenvalue weighted by Gasteiger charge is 2.24. The van der Waals surface area contributed by atoms with Gasteiger partial charge in [0.15, 0.2) is 4.96 Å². The summed E-state index contributed by atoms with van der Waals surface area (Å²) in [6, 6.07) is 9.92. The van der Waals surface area contributed by atoms with E-state index in [1.54, 1.807) is 16.2 Å². The van der Waals surface area contributed by atoms with E-state index in [0.29, 0.717) is 5.69 Å². The summed E-state index contributed by atoms with van der Waals surface area (Å²) in [6.45, 7) is 3.97. The largest absolute Gasteiger partial charge is 0.331 e. The van der Waals surface area contributed by atoms with Crippen LogP contribution < -0.4 is 0 Å². The fourth-order valence-electron chi connectivity index (χ4n) is 2.77. The maximum Gasteiger partial charge on any atom is 0.272 e. The molecule has 132 valence electrons. The van der Waals surface area contributed by atoms with Gasteiger partial charge in [0.25, 0.3) is 5.91 Å². The smallest absolute Gasteiger partial charge is 0.272 e. The summed E-state index contributed by atoms with van der Waals surface area (Å²) in [7, 11) is 1.82. The number of amides is 1. The van der Waals surface area contributed by atoms with Crippen molar-refractivity contribution >= 4 is 33.5 Å². The summed E-state index contributed by atoms with van der Waals surface area (Å²) in [5.74, 6) is -0.0337. The van der Waals surface area contributed by atoms with E-state index >= 15 is 0 Å². The first-order valence-electron chi connectivity index (χ1n) is 8.26. The minimum absolute atomic E-state index is 0.0337. The van der Waals surface area contributed by atoms with E-state index < -0.39 is 0 Å². The van der Waals surface area contributed by atoms with E-state index in [0.717, 1.165) is 26.9 Å². The molecular weight excluding hydrogens is 364 g/mol. The number of benzene rings is 1. The van der Waals surface area contributed by atoms with Crippen LogP contribution in [-0.4, -0.2) is 32.2 Å². The molecule has 4 rings (SSSR count). The number of rotatable bonds is 4. The maximum absolute atomic E-state index is 13.0. The fourth-order valence-corrected chi connectivity index (χ4v) is 4.51. The molecule has 0 aliphatic carbocycles. The lowest BCUT2D eigenvalue weighted by Crippen LogP contribution is -2.30. The molecule has 1 atom stereocenters. The van der Waals surface area contributed by atoms with Gasteiger partial charge in [-0.15, -0.1) is 22.7 Å². The lowest BCUT2D eigenvalue weighted by Gasteiger charge is -2.22.